The number of imidazole rings is 1. The van der Waals surface area contributed by atoms with E-state index in [1.165, 1.54) is 0 Å². The molecule has 0 bridgehead atoms. The monoisotopic (exact) mass is 277 g/mol. The van der Waals surface area contributed by atoms with Crippen molar-refractivity contribution in [2.75, 3.05) is 0 Å². The quantitative estimate of drug-likeness (QED) is 0.452. The number of esters is 1. The maximum Gasteiger partial charge on any atom is 0.343 e. The molecule has 0 saturated carbocycles. The highest BCUT2D eigenvalue weighted by Gasteiger charge is 2.12. The summed E-state index contributed by atoms with van der Waals surface area (Å²) >= 11 is 0. The average Bonchev–Trinajstić information content (AvgIpc) is 3.15. The normalized spacial score (nSPS) is 11.0. The van der Waals surface area contributed by atoms with Gasteiger partial charge in [0.2, 0.25) is 0 Å². The van der Waals surface area contributed by atoms with Crippen molar-refractivity contribution in [3.8, 4) is 5.75 Å². The Morgan fingerprint density at radius 2 is 2.19 bits per heavy atom. The van der Waals surface area contributed by atoms with E-state index in [9.17, 15) is 4.79 Å². The van der Waals surface area contributed by atoms with Gasteiger partial charge >= 0.3 is 5.97 Å². The number of ether oxygens (including phenoxy) is 1. The molecule has 0 aliphatic rings. The van der Waals surface area contributed by atoms with Crippen LogP contribution in [0.5, 0.6) is 5.75 Å². The first-order valence-electron chi connectivity index (χ1n) is 6.51. The molecule has 4 rings (SSSR count). The molecule has 21 heavy (non-hydrogen) atoms. The molecule has 4 aromatic rings. The number of rotatable bonds is 2. The molecule has 0 aliphatic carbocycles. The second-order valence-corrected chi connectivity index (χ2v) is 4.73. The standard InChI is InChI=1S/C16H11N3O2/c20-16(11-5-7-19-10-17-9-12(19)8-11)21-15-3-1-2-14-13(15)4-6-18-14/h1-10,18H. The summed E-state index contributed by atoms with van der Waals surface area (Å²) in [6.07, 6.45) is 6.99. The largest absolute Gasteiger partial charge is 0.422 e. The van der Waals surface area contributed by atoms with E-state index in [0.29, 0.717) is 11.3 Å². The average molecular weight is 277 g/mol. The Morgan fingerprint density at radius 3 is 3.14 bits per heavy atom. The van der Waals surface area contributed by atoms with Crippen molar-refractivity contribution in [2.24, 2.45) is 0 Å². The van der Waals surface area contributed by atoms with E-state index in [4.69, 9.17) is 4.74 Å². The highest BCUT2D eigenvalue weighted by molar-refractivity contribution is 5.95. The van der Waals surface area contributed by atoms with Crippen LogP contribution in [-0.4, -0.2) is 20.3 Å². The van der Waals surface area contributed by atoms with Gasteiger partial charge in [-0.3, -0.25) is 0 Å². The van der Waals surface area contributed by atoms with Crippen molar-refractivity contribution < 1.29 is 9.53 Å². The number of carbonyl (C=O) groups excluding carboxylic acids is 1. The zero-order valence-corrected chi connectivity index (χ0v) is 11.0. The van der Waals surface area contributed by atoms with E-state index in [1.807, 2.05) is 28.8 Å². The predicted octanol–water partition coefficient (Wildman–Crippen LogP) is 3.03. The van der Waals surface area contributed by atoms with E-state index in [-0.39, 0.29) is 5.97 Å². The maximum absolute atomic E-state index is 12.3. The molecule has 5 nitrogen and oxygen atoms in total. The number of benzene rings is 1. The summed E-state index contributed by atoms with van der Waals surface area (Å²) in [4.78, 5) is 19.4. The molecule has 3 aromatic heterocycles. The number of H-pyrrole nitrogens is 1. The number of fused-ring (bicyclic) bond motifs is 2. The van der Waals surface area contributed by atoms with Crippen LogP contribution in [0, 0.1) is 0 Å². The molecule has 102 valence electrons. The number of carbonyl (C=O) groups is 1. The predicted molar refractivity (Wildman–Crippen MR) is 78.4 cm³/mol. The van der Waals surface area contributed by atoms with Gasteiger partial charge in [0.15, 0.2) is 0 Å². The second kappa shape index (κ2) is 4.49. The Labute approximate surface area is 119 Å². The number of pyridine rings is 1. The number of nitrogens with zero attached hydrogens (tertiary/aromatic N) is 2. The van der Waals surface area contributed by atoms with Crippen molar-refractivity contribution in [3.63, 3.8) is 0 Å². The van der Waals surface area contributed by atoms with Crippen LogP contribution in [0.15, 0.2) is 61.3 Å². The summed E-state index contributed by atoms with van der Waals surface area (Å²) in [5, 5.41) is 0.885. The van der Waals surface area contributed by atoms with E-state index >= 15 is 0 Å². The molecule has 0 spiro atoms. The summed E-state index contributed by atoms with van der Waals surface area (Å²) in [7, 11) is 0. The smallest absolute Gasteiger partial charge is 0.343 e. The van der Waals surface area contributed by atoms with E-state index < -0.39 is 0 Å². The fraction of sp³-hybridized carbons (Fsp3) is 0. The van der Waals surface area contributed by atoms with E-state index in [2.05, 4.69) is 9.97 Å². The third-order valence-electron chi connectivity index (χ3n) is 3.41. The zero-order valence-electron chi connectivity index (χ0n) is 11.0. The lowest BCUT2D eigenvalue weighted by Gasteiger charge is -2.06. The maximum atomic E-state index is 12.3. The minimum atomic E-state index is -0.382. The first kappa shape index (κ1) is 11.7. The minimum Gasteiger partial charge on any atom is -0.422 e. The van der Waals surface area contributed by atoms with Crippen LogP contribution < -0.4 is 4.74 Å². The molecule has 3 heterocycles. The summed E-state index contributed by atoms with van der Waals surface area (Å²) in [5.41, 5.74) is 2.28. The van der Waals surface area contributed by atoms with Gasteiger partial charge in [-0.1, -0.05) is 6.07 Å². The lowest BCUT2D eigenvalue weighted by molar-refractivity contribution is 0.0737. The van der Waals surface area contributed by atoms with E-state index in [0.717, 1.165) is 16.4 Å². The van der Waals surface area contributed by atoms with Gasteiger partial charge in [0.1, 0.15) is 5.75 Å². The van der Waals surface area contributed by atoms with Crippen molar-refractivity contribution in [3.05, 3.63) is 66.9 Å². The molecule has 0 amide bonds. The van der Waals surface area contributed by atoms with E-state index in [1.54, 1.807) is 36.9 Å². The van der Waals surface area contributed by atoms with Crippen LogP contribution in [0.25, 0.3) is 16.4 Å². The Hall–Kier alpha value is -3.08. The zero-order chi connectivity index (χ0) is 14.2. The topological polar surface area (TPSA) is 59.4 Å². The summed E-state index contributed by atoms with van der Waals surface area (Å²) < 4.78 is 7.35. The van der Waals surface area contributed by atoms with Crippen molar-refractivity contribution >= 4 is 22.4 Å². The third kappa shape index (κ3) is 1.95. The number of nitrogens with one attached hydrogen (secondary N) is 1. The van der Waals surface area contributed by atoms with Crippen molar-refractivity contribution in [1.29, 1.82) is 0 Å². The Kier molecular flexibility index (Phi) is 2.50. The first-order chi connectivity index (χ1) is 10.3. The number of aromatic amines is 1. The fourth-order valence-electron chi connectivity index (χ4n) is 2.35. The van der Waals surface area contributed by atoms with Gasteiger partial charge in [-0.15, -0.1) is 0 Å². The van der Waals surface area contributed by atoms with Crippen LogP contribution >= 0.6 is 0 Å². The summed E-state index contributed by atoms with van der Waals surface area (Å²) in [5.74, 6) is 0.166. The molecule has 0 unspecified atom stereocenters. The van der Waals surface area contributed by atoms with Crippen LogP contribution in [-0.2, 0) is 0 Å². The summed E-state index contributed by atoms with van der Waals surface area (Å²) in [6, 6.07) is 10.9. The van der Waals surface area contributed by atoms with Crippen molar-refractivity contribution in [1.82, 2.24) is 14.4 Å². The Bertz CT molecular complexity index is 952. The molecule has 0 saturated heterocycles. The lowest BCUT2D eigenvalue weighted by Crippen LogP contribution is -2.08. The molecule has 1 aromatic carbocycles. The van der Waals surface area contributed by atoms with Gasteiger partial charge in [-0.05, 0) is 30.3 Å². The minimum absolute atomic E-state index is 0.382. The number of hydrogen-bond donors (Lipinski definition) is 1. The second-order valence-electron chi connectivity index (χ2n) is 4.73. The van der Waals surface area contributed by atoms with Gasteiger partial charge in [0, 0.05) is 23.3 Å². The lowest BCUT2D eigenvalue weighted by atomic mass is 10.2. The Morgan fingerprint density at radius 1 is 1.24 bits per heavy atom. The van der Waals surface area contributed by atoms with Crippen molar-refractivity contribution in [2.45, 2.75) is 0 Å². The Balaban J connectivity index is 1.70. The van der Waals surface area contributed by atoms with Gasteiger partial charge in [0.05, 0.1) is 23.6 Å². The fourth-order valence-corrected chi connectivity index (χ4v) is 2.35. The van der Waals surface area contributed by atoms with Gasteiger partial charge in [-0.2, -0.15) is 0 Å². The highest BCUT2D eigenvalue weighted by atomic mass is 16.5. The molecule has 5 heteroatoms. The molecule has 0 fully saturated rings. The number of aromatic nitrogens is 3. The molecule has 0 atom stereocenters. The molecule has 0 aliphatic heterocycles. The molecule has 0 radical (unpaired) electrons. The van der Waals surface area contributed by atoms with Gasteiger partial charge in [-0.25, -0.2) is 9.78 Å². The molecular weight excluding hydrogens is 266 g/mol. The SMILES string of the molecule is O=C(Oc1cccc2[nH]ccc12)c1ccn2cncc2c1. The van der Waals surface area contributed by atoms with Gasteiger partial charge in [0.25, 0.3) is 0 Å². The molecule has 1 N–H and O–H groups in total. The number of hydrogen-bond acceptors (Lipinski definition) is 3. The van der Waals surface area contributed by atoms with Crippen LogP contribution in [0.2, 0.25) is 0 Å². The van der Waals surface area contributed by atoms with Crippen LogP contribution in [0.3, 0.4) is 0 Å². The highest BCUT2D eigenvalue weighted by Crippen LogP contribution is 2.25. The molecular formula is C16H11N3O2. The van der Waals surface area contributed by atoms with Crippen LogP contribution in [0.1, 0.15) is 10.4 Å². The first-order valence-corrected chi connectivity index (χ1v) is 6.51. The summed E-state index contributed by atoms with van der Waals surface area (Å²) in [6.45, 7) is 0. The van der Waals surface area contributed by atoms with Gasteiger partial charge < -0.3 is 14.1 Å². The van der Waals surface area contributed by atoms with Crippen LogP contribution in [0.4, 0.5) is 0 Å². The third-order valence-corrected chi connectivity index (χ3v) is 3.41.